The number of hydrogen-bond acceptors (Lipinski definition) is 5. The van der Waals surface area contributed by atoms with Gasteiger partial charge in [0.25, 0.3) is 0 Å². The summed E-state index contributed by atoms with van der Waals surface area (Å²) in [6.45, 7) is 4.23. The van der Waals surface area contributed by atoms with Gasteiger partial charge in [0.05, 0.1) is 17.4 Å². The number of hydrogen-bond donors (Lipinski definition) is 2. The summed E-state index contributed by atoms with van der Waals surface area (Å²) in [4.78, 5) is 30.6. The molecule has 1 aliphatic carbocycles. The molecule has 5 heteroatoms. The van der Waals surface area contributed by atoms with Crippen molar-refractivity contribution in [1.82, 2.24) is 4.98 Å². The first-order valence-electron chi connectivity index (χ1n) is 10.8. The van der Waals surface area contributed by atoms with Crippen LogP contribution in [0, 0.1) is 5.41 Å². The zero-order valence-corrected chi connectivity index (χ0v) is 18.2. The summed E-state index contributed by atoms with van der Waals surface area (Å²) in [6, 6.07) is 18.5. The summed E-state index contributed by atoms with van der Waals surface area (Å²) in [5.74, 6) is 0.107. The topological polar surface area (TPSA) is 71.1 Å². The smallest absolute Gasteiger partial charge is 0.193 e. The summed E-state index contributed by atoms with van der Waals surface area (Å²) in [5.41, 5.74) is 5.38. The Bertz CT molecular complexity index is 1230. The Morgan fingerprint density at radius 1 is 0.969 bits per heavy atom. The van der Waals surface area contributed by atoms with Crippen molar-refractivity contribution in [2.24, 2.45) is 5.41 Å². The summed E-state index contributed by atoms with van der Waals surface area (Å²) in [7, 11) is 0. The van der Waals surface area contributed by atoms with Gasteiger partial charge >= 0.3 is 0 Å². The number of pyridine rings is 1. The second-order valence-electron chi connectivity index (χ2n) is 9.28. The molecule has 0 saturated carbocycles. The molecule has 160 valence electrons. The third kappa shape index (κ3) is 3.71. The molecule has 1 aromatic heterocycles. The third-order valence-corrected chi connectivity index (χ3v) is 6.13. The largest absolute Gasteiger partial charge is 0.372 e. The van der Waals surface area contributed by atoms with Crippen LogP contribution in [0.1, 0.15) is 54.2 Å². The summed E-state index contributed by atoms with van der Waals surface area (Å²) < 4.78 is 0. The normalized spacial score (nSPS) is 19.2. The van der Waals surface area contributed by atoms with Crippen molar-refractivity contribution >= 4 is 22.9 Å². The first-order valence-corrected chi connectivity index (χ1v) is 10.8. The lowest BCUT2D eigenvalue weighted by Gasteiger charge is -2.34. The summed E-state index contributed by atoms with van der Waals surface area (Å²) in [5, 5.41) is 7.06. The Morgan fingerprint density at radius 3 is 2.53 bits per heavy atom. The Kier molecular flexibility index (Phi) is 4.89. The van der Waals surface area contributed by atoms with Crippen LogP contribution in [0.15, 0.2) is 84.3 Å². The van der Waals surface area contributed by atoms with Gasteiger partial charge in [0.15, 0.2) is 11.6 Å². The average molecular weight is 424 g/mol. The maximum absolute atomic E-state index is 13.3. The van der Waals surface area contributed by atoms with Crippen LogP contribution in [0.4, 0.5) is 11.4 Å². The Hall–Kier alpha value is -3.73. The molecular weight excluding hydrogens is 398 g/mol. The molecule has 0 amide bonds. The zero-order valence-electron chi connectivity index (χ0n) is 18.2. The highest BCUT2D eigenvalue weighted by atomic mass is 16.1. The van der Waals surface area contributed by atoms with Crippen LogP contribution < -0.4 is 10.6 Å². The van der Waals surface area contributed by atoms with E-state index in [1.54, 1.807) is 12.4 Å². The van der Waals surface area contributed by atoms with E-state index in [9.17, 15) is 9.59 Å². The van der Waals surface area contributed by atoms with Gasteiger partial charge in [-0.1, -0.05) is 50.2 Å². The van der Waals surface area contributed by atoms with Gasteiger partial charge in [-0.15, -0.1) is 0 Å². The van der Waals surface area contributed by atoms with Gasteiger partial charge in [-0.2, -0.15) is 0 Å². The zero-order chi connectivity index (χ0) is 22.3. The summed E-state index contributed by atoms with van der Waals surface area (Å²) >= 11 is 0. The number of ketones is 2. The van der Waals surface area contributed by atoms with Crippen LogP contribution in [-0.4, -0.2) is 16.6 Å². The van der Waals surface area contributed by atoms with Gasteiger partial charge in [0.2, 0.25) is 0 Å². The van der Waals surface area contributed by atoms with E-state index in [1.807, 2.05) is 60.7 Å². The molecule has 3 aromatic rings. The molecule has 0 unspecified atom stereocenters. The lowest BCUT2D eigenvalue weighted by molar-refractivity contribution is -0.118. The number of carbonyl (C=O) groups excluding carboxylic acids is 2. The molecule has 0 radical (unpaired) electrons. The van der Waals surface area contributed by atoms with Crippen molar-refractivity contribution in [2.45, 2.75) is 32.7 Å². The number of allylic oxidation sites excluding steroid dienone is 1. The highest BCUT2D eigenvalue weighted by molar-refractivity contribution is 6.10. The van der Waals surface area contributed by atoms with Crippen LogP contribution in [0.3, 0.4) is 0 Å². The molecule has 5 nitrogen and oxygen atoms in total. The number of fused-ring (bicyclic) bond motifs is 1. The van der Waals surface area contributed by atoms with Gasteiger partial charge in [-0.25, -0.2) is 0 Å². The first kappa shape index (κ1) is 20.2. The second kappa shape index (κ2) is 7.75. The molecule has 0 saturated heterocycles. The van der Waals surface area contributed by atoms with E-state index >= 15 is 0 Å². The molecule has 32 heavy (non-hydrogen) atoms. The highest BCUT2D eigenvalue weighted by Crippen LogP contribution is 2.45. The number of rotatable bonds is 3. The SMILES string of the molecule is CC1(C)CC(=O)C2=C(C1)Nc1cc(C(=O)c3ccccc3)ccc1N[C@@H]2c1cccnc1. The van der Waals surface area contributed by atoms with Gasteiger partial charge in [-0.3, -0.25) is 14.6 Å². The standard InChI is InChI=1S/C27H25N3O2/c1-27(2)14-22-24(23(31)15-27)25(19-9-6-12-28-16-19)30-20-11-10-18(13-21(20)29-22)26(32)17-7-4-3-5-8-17/h3-13,16,25,29-30H,14-15H2,1-2H3/t25-/m1/s1. The molecule has 2 aliphatic rings. The molecule has 2 heterocycles. The summed E-state index contributed by atoms with van der Waals surface area (Å²) in [6.07, 6.45) is 4.78. The Labute approximate surface area is 187 Å². The fraction of sp³-hybridized carbons (Fsp3) is 0.222. The van der Waals surface area contributed by atoms with Crippen LogP contribution in [0.2, 0.25) is 0 Å². The van der Waals surface area contributed by atoms with E-state index in [0.29, 0.717) is 17.5 Å². The van der Waals surface area contributed by atoms with Crippen molar-refractivity contribution in [3.8, 4) is 0 Å². The fourth-order valence-corrected chi connectivity index (χ4v) is 4.64. The maximum Gasteiger partial charge on any atom is 0.193 e. The predicted octanol–water partition coefficient (Wildman–Crippen LogP) is 5.53. The molecular formula is C27H25N3O2. The number of nitrogens with zero attached hydrogens (tertiary/aromatic N) is 1. The van der Waals surface area contributed by atoms with Crippen molar-refractivity contribution in [1.29, 1.82) is 0 Å². The number of benzene rings is 2. The van der Waals surface area contributed by atoms with E-state index in [4.69, 9.17) is 0 Å². The molecule has 1 aliphatic heterocycles. The minimum atomic E-state index is -0.299. The molecule has 5 rings (SSSR count). The quantitative estimate of drug-likeness (QED) is 0.542. The number of Topliss-reactive ketones (excluding diaryl/α,β-unsaturated/α-hetero) is 1. The number of nitrogens with one attached hydrogen (secondary N) is 2. The van der Waals surface area contributed by atoms with Gasteiger partial charge < -0.3 is 10.6 Å². The number of anilines is 2. The number of carbonyl (C=O) groups is 2. The van der Waals surface area contributed by atoms with Crippen molar-refractivity contribution in [3.63, 3.8) is 0 Å². The highest BCUT2D eigenvalue weighted by Gasteiger charge is 2.38. The maximum atomic E-state index is 13.3. The van der Waals surface area contributed by atoms with E-state index in [-0.39, 0.29) is 23.0 Å². The van der Waals surface area contributed by atoms with Crippen molar-refractivity contribution < 1.29 is 9.59 Å². The molecule has 0 bridgehead atoms. The third-order valence-electron chi connectivity index (χ3n) is 6.13. The molecule has 0 spiro atoms. The van der Waals surface area contributed by atoms with Crippen molar-refractivity contribution in [2.75, 3.05) is 10.6 Å². The monoisotopic (exact) mass is 423 g/mol. The predicted molar refractivity (Wildman–Crippen MR) is 126 cm³/mol. The molecule has 2 N–H and O–H groups in total. The Balaban J connectivity index is 1.61. The molecule has 0 fully saturated rings. The van der Waals surface area contributed by atoms with Gasteiger partial charge in [-0.05, 0) is 41.7 Å². The van der Waals surface area contributed by atoms with Crippen LogP contribution in [0.5, 0.6) is 0 Å². The second-order valence-corrected chi connectivity index (χ2v) is 9.28. The lowest BCUT2D eigenvalue weighted by Crippen LogP contribution is -2.31. The van der Waals surface area contributed by atoms with Gasteiger partial charge in [0.1, 0.15) is 0 Å². The fourth-order valence-electron chi connectivity index (χ4n) is 4.64. The Morgan fingerprint density at radius 2 is 1.78 bits per heavy atom. The average Bonchev–Trinajstić information content (AvgIpc) is 2.95. The van der Waals surface area contributed by atoms with Crippen LogP contribution in [0.25, 0.3) is 0 Å². The first-order chi connectivity index (χ1) is 15.4. The number of aromatic nitrogens is 1. The van der Waals surface area contributed by atoms with Crippen molar-refractivity contribution in [3.05, 3.63) is 101 Å². The molecule has 2 aromatic carbocycles. The lowest BCUT2D eigenvalue weighted by atomic mass is 9.73. The minimum absolute atomic E-state index is 0.0301. The van der Waals surface area contributed by atoms with Crippen LogP contribution >= 0.6 is 0 Å². The van der Waals surface area contributed by atoms with E-state index in [0.717, 1.165) is 34.6 Å². The van der Waals surface area contributed by atoms with E-state index in [2.05, 4.69) is 29.5 Å². The van der Waals surface area contributed by atoms with E-state index in [1.165, 1.54) is 0 Å². The van der Waals surface area contributed by atoms with Gasteiger partial charge in [0, 0.05) is 41.2 Å². The molecule has 1 atom stereocenters. The van der Waals surface area contributed by atoms with E-state index < -0.39 is 0 Å². The minimum Gasteiger partial charge on any atom is -0.372 e. The van der Waals surface area contributed by atoms with Crippen LogP contribution in [-0.2, 0) is 4.79 Å².